The normalized spacial score (nSPS) is 12.5. The number of unbranched alkanes of at least 4 members (excludes halogenated alkanes) is 1. The van der Waals surface area contributed by atoms with Crippen molar-refractivity contribution in [1.82, 2.24) is 0 Å². The second-order valence-corrected chi connectivity index (χ2v) is 8.52. The maximum Gasteiger partial charge on any atom is 0.326 e. The highest BCUT2D eigenvalue weighted by Gasteiger charge is 2.32. The molecule has 0 spiro atoms. The molecule has 0 saturated heterocycles. The zero-order chi connectivity index (χ0) is 23.8. The van der Waals surface area contributed by atoms with Gasteiger partial charge in [0.25, 0.3) is 0 Å². The lowest BCUT2D eigenvalue weighted by atomic mass is 9.95. The Labute approximate surface area is 204 Å². The molecule has 0 aromatic heterocycles. The van der Waals surface area contributed by atoms with Gasteiger partial charge in [0, 0.05) is 21.4 Å². The Kier molecular flexibility index (Phi) is 8.73. The van der Waals surface area contributed by atoms with E-state index in [-0.39, 0.29) is 6.03 Å². The SMILES string of the molecule is [C-]#[N+]c1cccc(C(O)C(CCCC)N(C(=O)Nc2ccc(Cl)cc2)c2ccc(Cl)cc2)c1. The minimum atomic E-state index is -0.995. The summed E-state index contributed by atoms with van der Waals surface area (Å²) in [4.78, 5) is 18.6. The minimum Gasteiger partial charge on any atom is -0.386 e. The summed E-state index contributed by atoms with van der Waals surface area (Å²) in [7, 11) is 0. The summed E-state index contributed by atoms with van der Waals surface area (Å²) in [6, 6.07) is 19.7. The van der Waals surface area contributed by atoms with E-state index in [4.69, 9.17) is 29.8 Å². The number of amides is 2. The van der Waals surface area contributed by atoms with Gasteiger partial charge in [-0.25, -0.2) is 9.64 Å². The number of hydrogen-bond donors (Lipinski definition) is 2. The fourth-order valence-electron chi connectivity index (χ4n) is 3.62. The lowest BCUT2D eigenvalue weighted by molar-refractivity contribution is 0.138. The second-order valence-electron chi connectivity index (χ2n) is 7.64. The van der Waals surface area contributed by atoms with Crippen molar-refractivity contribution in [1.29, 1.82) is 0 Å². The minimum absolute atomic E-state index is 0.388. The Balaban J connectivity index is 2.02. The molecule has 0 fully saturated rings. The third-order valence-corrected chi connectivity index (χ3v) is 5.81. The van der Waals surface area contributed by atoms with E-state index in [1.807, 2.05) is 0 Å². The Hall–Kier alpha value is -3.04. The Morgan fingerprint density at radius 1 is 1.06 bits per heavy atom. The Morgan fingerprint density at radius 2 is 1.70 bits per heavy atom. The van der Waals surface area contributed by atoms with Crippen LogP contribution in [-0.2, 0) is 0 Å². The van der Waals surface area contributed by atoms with Gasteiger partial charge < -0.3 is 10.4 Å². The van der Waals surface area contributed by atoms with E-state index in [0.717, 1.165) is 12.8 Å². The number of aliphatic hydroxyl groups is 1. The molecule has 5 nitrogen and oxygen atoms in total. The molecule has 3 aromatic rings. The van der Waals surface area contributed by atoms with Crippen LogP contribution in [0.1, 0.15) is 37.9 Å². The summed E-state index contributed by atoms with van der Waals surface area (Å²) < 4.78 is 0. The molecule has 0 heterocycles. The molecule has 0 aliphatic heterocycles. The fourth-order valence-corrected chi connectivity index (χ4v) is 3.87. The van der Waals surface area contributed by atoms with E-state index < -0.39 is 12.1 Å². The zero-order valence-electron chi connectivity index (χ0n) is 18.2. The lowest BCUT2D eigenvalue weighted by Gasteiger charge is -2.35. The number of benzene rings is 3. The number of nitrogens with zero attached hydrogens (tertiary/aromatic N) is 2. The van der Waals surface area contributed by atoms with Crippen molar-refractivity contribution in [3.63, 3.8) is 0 Å². The Bertz CT molecular complexity index is 1110. The summed E-state index contributed by atoms with van der Waals surface area (Å²) in [6.07, 6.45) is 1.28. The van der Waals surface area contributed by atoms with Crippen molar-refractivity contribution in [2.75, 3.05) is 10.2 Å². The summed E-state index contributed by atoms with van der Waals surface area (Å²) in [5.41, 5.74) is 2.21. The quantitative estimate of drug-likeness (QED) is 0.321. The summed E-state index contributed by atoms with van der Waals surface area (Å²) in [5, 5.41) is 15.4. The molecule has 0 saturated carbocycles. The number of hydrogen-bond acceptors (Lipinski definition) is 2. The van der Waals surface area contributed by atoms with Crippen LogP contribution in [0.4, 0.5) is 21.9 Å². The van der Waals surface area contributed by atoms with Crippen LogP contribution in [0.25, 0.3) is 4.85 Å². The third-order valence-electron chi connectivity index (χ3n) is 5.31. The summed E-state index contributed by atoms with van der Waals surface area (Å²) >= 11 is 12.1. The van der Waals surface area contributed by atoms with Crippen LogP contribution in [-0.4, -0.2) is 17.2 Å². The first kappa shape index (κ1) is 24.6. The summed E-state index contributed by atoms with van der Waals surface area (Å²) in [6.45, 7) is 9.35. The van der Waals surface area contributed by atoms with Gasteiger partial charge in [-0.1, -0.05) is 67.2 Å². The highest BCUT2D eigenvalue weighted by atomic mass is 35.5. The van der Waals surface area contributed by atoms with Crippen molar-refractivity contribution >= 4 is 46.3 Å². The second kappa shape index (κ2) is 11.7. The molecular formula is C26H25Cl2N3O2. The van der Waals surface area contributed by atoms with Gasteiger partial charge >= 0.3 is 6.03 Å². The highest BCUT2D eigenvalue weighted by Crippen LogP contribution is 2.32. The van der Waals surface area contributed by atoms with Gasteiger partial charge in [0.15, 0.2) is 5.69 Å². The maximum absolute atomic E-state index is 13.5. The number of anilines is 2. The average molecular weight is 482 g/mol. The fraction of sp³-hybridized carbons (Fsp3) is 0.231. The van der Waals surface area contributed by atoms with Crippen LogP contribution in [0.3, 0.4) is 0 Å². The van der Waals surface area contributed by atoms with Gasteiger partial charge in [0.05, 0.1) is 18.7 Å². The predicted molar refractivity (Wildman–Crippen MR) is 135 cm³/mol. The topological polar surface area (TPSA) is 56.9 Å². The third kappa shape index (κ3) is 6.49. The molecule has 3 rings (SSSR count). The van der Waals surface area contributed by atoms with E-state index in [1.54, 1.807) is 77.7 Å². The molecule has 170 valence electrons. The summed E-state index contributed by atoms with van der Waals surface area (Å²) in [5.74, 6) is 0. The molecule has 2 amide bonds. The number of carbonyl (C=O) groups is 1. The maximum atomic E-state index is 13.5. The molecule has 2 atom stereocenters. The van der Waals surface area contributed by atoms with Crippen LogP contribution in [0.5, 0.6) is 0 Å². The van der Waals surface area contributed by atoms with Crippen LogP contribution < -0.4 is 10.2 Å². The van der Waals surface area contributed by atoms with Crippen LogP contribution in [0, 0.1) is 6.57 Å². The molecule has 2 unspecified atom stereocenters. The lowest BCUT2D eigenvalue weighted by Crippen LogP contribution is -2.46. The van der Waals surface area contributed by atoms with Gasteiger partial charge in [0.2, 0.25) is 0 Å². The first-order chi connectivity index (χ1) is 15.9. The molecule has 7 heteroatoms. The highest BCUT2D eigenvalue weighted by molar-refractivity contribution is 6.31. The molecule has 33 heavy (non-hydrogen) atoms. The number of carbonyl (C=O) groups excluding carboxylic acids is 1. The Morgan fingerprint density at radius 3 is 2.30 bits per heavy atom. The smallest absolute Gasteiger partial charge is 0.326 e. The van der Waals surface area contributed by atoms with Crippen LogP contribution in [0.15, 0.2) is 72.8 Å². The number of halogens is 2. The molecule has 0 bridgehead atoms. The largest absolute Gasteiger partial charge is 0.386 e. The van der Waals surface area contributed by atoms with Crippen molar-refractivity contribution in [2.45, 2.75) is 38.3 Å². The number of rotatable bonds is 8. The molecule has 3 aromatic carbocycles. The van der Waals surface area contributed by atoms with Crippen molar-refractivity contribution in [3.8, 4) is 0 Å². The number of urea groups is 1. The van der Waals surface area contributed by atoms with Gasteiger partial charge in [-0.05, 0) is 60.5 Å². The zero-order valence-corrected chi connectivity index (χ0v) is 19.7. The van der Waals surface area contributed by atoms with Crippen molar-refractivity contribution in [2.24, 2.45) is 0 Å². The van der Waals surface area contributed by atoms with Gasteiger partial charge in [-0.15, -0.1) is 0 Å². The predicted octanol–water partition coefficient (Wildman–Crippen LogP) is 7.88. The van der Waals surface area contributed by atoms with E-state index in [1.165, 1.54) is 0 Å². The monoisotopic (exact) mass is 481 g/mol. The first-order valence-corrected chi connectivity index (χ1v) is 11.5. The van der Waals surface area contributed by atoms with Crippen molar-refractivity contribution in [3.05, 3.63) is 99.8 Å². The van der Waals surface area contributed by atoms with E-state index in [0.29, 0.717) is 39.1 Å². The molecule has 0 aliphatic rings. The van der Waals surface area contributed by atoms with Gasteiger partial charge in [0.1, 0.15) is 0 Å². The number of aliphatic hydroxyl groups excluding tert-OH is 1. The van der Waals surface area contributed by atoms with Crippen molar-refractivity contribution < 1.29 is 9.90 Å². The molecule has 0 aliphatic carbocycles. The van der Waals surface area contributed by atoms with Crippen LogP contribution >= 0.6 is 23.2 Å². The number of nitrogens with one attached hydrogen (secondary N) is 1. The van der Waals surface area contributed by atoms with E-state index in [2.05, 4.69) is 17.1 Å². The average Bonchev–Trinajstić information content (AvgIpc) is 2.83. The van der Waals surface area contributed by atoms with E-state index >= 15 is 0 Å². The van der Waals surface area contributed by atoms with Gasteiger partial charge in [-0.2, -0.15) is 0 Å². The molecule has 2 N–H and O–H groups in total. The van der Waals surface area contributed by atoms with Crippen LogP contribution in [0.2, 0.25) is 10.0 Å². The molecule has 0 radical (unpaired) electrons. The van der Waals surface area contributed by atoms with E-state index in [9.17, 15) is 9.90 Å². The molecular weight excluding hydrogens is 457 g/mol. The van der Waals surface area contributed by atoms with Gasteiger partial charge in [-0.3, -0.25) is 4.90 Å². The standard InChI is InChI=1S/C26H25Cl2N3O2/c1-3-4-8-24(25(32)18-6-5-7-22(17-18)29-2)31(23-15-11-20(28)12-16-23)26(33)30-21-13-9-19(27)10-14-21/h5-7,9-17,24-25,32H,3-4,8H2,1H3,(H,30,33). The first-order valence-electron chi connectivity index (χ1n) is 10.7.